The Morgan fingerprint density at radius 1 is 1.00 bits per heavy atom. The molecule has 0 bridgehead atoms. The highest BCUT2D eigenvalue weighted by Crippen LogP contribution is 2.34. The predicted molar refractivity (Wildman–Crippen MR) is 145 cm³/mol. The van der Waals surface area contributed by atoms with Gasteiger partial charge in [-0.3, -0.25) is 0 Å². The van der Waals surface area contributed by atoms with Crippen LogP contribution < -0.4 is 16.5 Å². The second kappa shape index (κ2) is 12.5. The van der Waals surface area contributed by atoms with Crippen LogP contribution in [0.15, 0.2) is 6.33 Å². The molecule has 0 unspecified atom stereocenters. The average molecular weight is 499 g/mol. The number of nitrogens with one attached hydrogen (secondary N) is 2. The number of unbranched alkanes of at least 4 members (excludes halogenated alkanes) is 1. The normalized spacial score (nSPS) is 24.5. The Bertz CT molecular complexity index is 943. The number of hydrazine groups is 1. The lowest BCUT2D eigenvalue weighted by atomic mass is 9.92. The Kier molecular flexibility index (Phi) is 8.93. The SMILES string of the molecule is CCOCCCCC1CCN(Nc2nc(NC3CCC(N)CC3)nc3c2ncn3C2CCCC2)CC1. The maximum atomic E-state index is 6.13. The number of hydrogen-bond acceptors (Lipinski definition) is 8. The van der Waals surface area contributed by atoms with Crippen molar-refractivity contribution in [3.63, 3.8) is 0 Å². The number of ether oxygens (including phenoxy) is 1. The highest BCUT2D eigenvalue weighted by molar-refractivity contribution is 5.84. The zero-order valence-electron chi connectivity index (χ0n) is 22.1. The van der Waals surface area contributed by atoms with Crippen molar-refractivity contribution in [2.75, 3.05) is 37.0 Å². The highest BCUT2D eigenvalue weighted by atomic mass is 16.5. The molecule has 0 spiro atoms. The summed E-state index contributed by atoms with van der Waals surface area (Å²) in [4.78, 5) is 14.7. The molecule has 1 saturated heterocycles. The van der Waals surface area contributed by atoms with Crippen LogP contribution in [0.4, 0.5) is 11.8 Å². The minimum Gasteiger partial charge on any atom is -0.382 e. The number of piperidine rings is 1. The van der Waals surface area contributed by atoms with Gasteiger partial charge in [0, 0.05) is 44.4 Å². The second-order valence-corrected chi connectivity index (χ2v) is 11.1. The fourth-order valence-electron chi connectivity index (χ4n) is 6.22. The molecule has 9 heteroatoms. The van der Waals surface area contributed by atoms with Crippen LogP contribution in [0, 0.1) is 5.92 Å². The first-order valence-corrected chi connectivity index (χ1v) is 14.6. The zero-order valence-corrected chi connectivity index (χ0v) is 22.1. The number of nitrogens with two attached hydrogens (primary N) is 1. The van der Waals surface area contributed by atoms with Gasteiger partial charge in [-0.15, -0.1) is 0 Å². The molecule has 0 atom stereocenters. The summed E-state index contributed by atoms with van der Waals surface area (Å²) in [5.74, 6) is 2.36. The Morgan fingerprint density at radius 2 is 1.78 bits per heavy atom. The van der Waals surface area contributed by atoms with Gasteiger partial charge in [0.2, 0.25) is 5.95 Å². The first-order chi connectivity index (χ1) is 17.7. The molecule has 5 rings (SSSR count). The van der Waals surface area contributed by atoms with Crippen molar-refractivity contribution >= 4 is 22.9 Å². The van der Waals surface area contributed by atoms with Gasteiger partial charge in [0.1, 0.15) is 0 Å². The van der Waals surface area contributed by atoms with Gasteiger partial charge in [-0.1, -0.05) is 25.7 Å². The lowest BCUT2D eigenvalue weighted by Crippen LogP contribution is -2.38. The van der Waals surface area contributed by atoms with E-state index in [0.717, 1.165) is 80.8 Å². The minimum atomic E-state index is 0.333. The molecule has 2 aliphatic carbocycles. The second-order valence-electron chi connectivity index (χ2n) is 11.1. The quantitative estimate of drug-likeness (QED) is 0.377. The van der Waals surface area contributed by atoms with Crippen LogP contribution in [-0.2, 0) is 4.74 Å². The summed E-state index contributed by atoms with van der Waals surface area (Å²) in [6.07, 6.45) is 17.4. The van der Waals surface area contributed by atoms with Crippen molar-refractivity contribution < 1.29 is 4.74 Å². The molecule has 3 fully saturated rings. The third-order valence-electron chi connectivity index (χ3n) is 8.48. The fraction of sp³-hybridized carbons (Fsp3) is 0.815. The van der Waals surface area contributed by atoms with E-state index in [1.54, 1.807) is 0 Å². The summed E-state index contributed by atoms with van der Waals surface area (Å²) in [6.45, 7) is 5.87. The third kappa shape index (κ3) is 6.47. The number of hydrogen-bond donors (Lipinski definition) is 3. The fourth-order valence-corrected chi connectivity index (χ4v) is 6.22. The van der Waals surface area contributed by atoms with E-state index in [0.29, 0.717) is 18.1 Å². The molecule has 4 N–H and O–H groups in total. The molecular formula is C27H46N8O. The Balaban J connectivity index is 1.26. The molecule has 0 aromatic carbocycles. The van der Waals surface area contributed by atoms with E-state index < -0.39 is 0 Å². The van der Waals surface area contributed by atoms with Gasteiger partial charge in [0.25, 0.3) is 0 Å². The molecule has 2 aromatic rings. The van der Waals surface area contributed by atoms with Crippen molar-refractivity contribution in [1.29, 1.82) is 0 Å². The topological polar surface area (TPSA) is 106 Å². The molecule has 3 heterocycles. The van der Waals surface area contributed by atoms with Crippen LogP contribution >= 0.6 is 0 Å². The number of imidazole rings is 1. The maximum Gasteiger partial charge on any atom is 0.227 e. The van der Waals surface area contributed by atoms with E-state index in [4.69, 9.17) is 25.4 Å². The Labute approximate surface area is 215 Å². The molecule has 0 radical (unpaired) electrons. The van der Waals surface area contributed by atoms with Crippen molar-refractivity contribution in [1.82, 2.24) is 24.5 Å². The van der Waals surface area contributed by atoms with Crippen LogP contribution in [0.2, 0.25) is 0 Å². The monoisotopic (exact) mass is 498 g/mol. The lowest BCUT2D eigenvalue weighted by molar-refractivity contribution is 0.139. The number of nitrogens with zero attached hydrogens (tertiary/aromatic N) is 5. The van der Waals surface area contributed by atoms with Crippen LogP contribution in [0.3, 0.4) is 0 Å². The third-order valence-corrected chi connectivity index (χ3v) is 8.48. The van der Waals surface area contributed by atoms with E-state index in [9.17, 15) is 0 Å². The van der Waals surface area contributed by atoms with E-state index in [-0.39, 0.29) is 0 Å². The van der Waals surface area contributed by atoms with Gasteiger partial charge >= 0.3 is 0 Å². The zero-order chi connectivity index (χ0) is 24.7. The summed E-state index contributed by atoms with van der Waals surface area (Å²) in [6, 6.07) is 1.22. The molecule has 200 valence electrons. The van der Waals surface area contributed by atoms with E-state index in [1.165, 1.54) is 57.8 Å². The molecule has 0 amide bonds. The predicted octanol–water partition coefficient (Wildman–Crippen LogP) is 4.87. The van der Waals surface area contributed by atoms with Crippen molar-refractivity contribution in [3.8, 4) is 0 Å². The van der Waals surface area contributed by atoms with E-state index in [2.05, 4.69) is 27.2 Å². The highest BCUT2D eigenvalue weighted by Gasteiger charge is 2.25. The number of anilines is 2. The van der Waals surface area contributed by atoms with Crippen LogP contribution in [-0.4, -0.2) is 62.9 Å². The first-order valence-electron chi connectivity index (χ1n) is 14.6. The van der Waals surface area contributed by atoms with Gasteiger partial charge in [-0.2, -0.15) is 9.97 Å². The summed E-state index contributed by atoms with van der Waals surface area (Å²) in [7, 11) is 0. The molecule has 2 aromatic heterocycles. The molecule has 9 nitrogen and oxygen atoms in total. The standard InChI is InChI=1S/C27H46N8O/c1-2-36-18-6-5-7-20-14-16-34(17-15-20)33-25-24-26(35(19-29-24)23-8-3-4-9-23)32-27(31-25)30-22-12-10-21(28)11-13-22/h19-23H,2-18,28H2,1H3,(H2,30,31,32,33). The summed E-state index contributed by atoms with van der Waals surface area (Å²) < 4.78 is 7.79. The van der Waals surface area contributed by atoms with Crippen LogP contribution in [0.1, 0.15) is 96.4 Å². The lowest BCUT2D eigenvalue weighted by Gasteiger charge is -2.32. The number of aromatic nitrogens is 4. The molecule has 36 heavy (non-hydrogen) atoms. The minimum absolute atomic E-state index is 0.333. The molecular weight excluding hydrogens is 452 g/mol. The summed E-state index contributed by atoms with van der Waals surface area (Å²) in [5, 5.41) is 5.97. The van der Waals surface area contributed by atoms with Crippen molar-refractivity contribution in [2.45, 2.75) is 109 Å². The number of fused-ring (bicyclic) bond motifs is 1. The van der Waals surface area contributed by atoms with Gasteiger partial charge in [-0.25, -0.2) is 9.99 Å². The Hall–Kier alpha value is -1.97. The molecule has 3 aliphatic rings. The summed E-state index contributed by atoms with van der Waals surface area (Å²) >= 11 is 0. The Morgan fingerprint density at radius 3 is 2.53 bits per heavy atom. The molecule has 2 saturated carbocycles. The largest absolute Gasteiger partial charge is 0.382 e. The molecule has 1 aliphatic heterocycles. The first kappa shape index (κ1) is 25.7. The van der Waals surface area contributed by atoms with Gasteiger partial charge in [0.05, 0.1) is 6.33 Å². The van der Waals surface area contributed by atoms with Crippen molar-refractivity contribution in [3.05, 3.63) is 6.33 Å². The van der Waals surface area contributed by atoms with E-state index in [1.807, 2.05) is 6.33 Å². The van der Waals surface area contributed by atoms with E-state index >= 15 is 0 Å². The van der Waals surface area contributed by atoms with Gasteiger partial charge in [-0.05, 0) is 70.6 Å². The maximum absolute atomic E-state index is 6.13. The average Bonchev–Trinajstić information content (AvgIpc) is 3.57. The summed E-state index contributed by atoms with van der Waals surface area (Å²) in [5.41, 5.74) is 11.6. The van der Waals surface area contributed by atoms with Crippen LogP contribution in [0.5, 0.6) is 0 Å². The smallest absolute Gasteiger partial charge is 0.227 e. The van der Waals surface area contributed by atoms with Gasteiger partial charge < -0.3 is 25.8 Å². The van der Waals surface area contributed by atoms with Crippen LogP contribution in [0.25, 0.3) is 11.2 Å². The number of rotatable bonds is 11. The van der Waals surface area contributed by atoms with Crippen molar-refractivity contribution in [2.24, 2.45) is 11.7 Å². The van der Waals surface area contributed by atoms with Gasteiger partial charge in [0.15, 0.2) is 17.0 Å².